The summed E-state index contributed by atoms with van der Waals surface area (Å²) in [5.41, 5.74) is 13.3. The second kappa shape index (κ2) is 12.7. The molecule has 0 aliphatic rings. The van der Waals surface area contributed by atoms with Crippen molar-refractivity contribution in [2.45, 2.75) is 0 Å². The Morgan fingerprint density at radius 1 is 0.479 bits per heavy atom. The maximum Gasteiger partial charge on any atom is 0.154 e. The third kappa shape index (κ3) is 5.65. The number of amidine groups is 2. The van der Waals surface area contributed by atoms with E-state index < -0.39 is 0 Å². The van der Waals surface area contributed by atoms with Crippen molar-refractivity contribution in [2.75, 3.05) is 5.43 Å². The summed E-state index contributed by atoms with van der Waals surface area (Å²) in [5.74, 6) is 0.753. The lowest BCUT2D eigenvalue weighted by Gasteiger charge is -2.15. The molecule has 0 aliphatic heterocycles. The third-order valence-electron chi connectivity index (χ3n) is 8.52. The van der Waals surface area contributed by atoms with Crippen molar-refractivity contribution < 1.29 is 0 Å². The normalized spacial score (nSPS) is 11.5. The van der Waals surface area contributed by atoms with Crippen molar-refractivity contribution in [3.05, 3.63) is 187 Å². The highest BCUT2D eigenvalue weighted by Gasteiger charge is 2.14. The van der Waals surface area contributed by atoms with Gasteiger partial charge in [-0.1, -0.05) is 152 Å². The second-order valence-corrected chi connectivity index (χ2v) is 11.6. The van der Waals surface area contributed by atoms with Gasteiger partial charge in [-0.2, -0.15) is 0 Å². The van der Waals surface area contributed by atoms with Crippen LogP contribution in [0, 0.1) is 5.41 Å². The van der Waals surface area contributed by atoms with Gasteiger partial charge < -0.3 is 0 Å². The van der Waals surface area contributed by atoms with E-state index in [2.05, 4.69) is 95.0 Å². The standard InChI is InChI=1S/C43H31N5/c44-42(46-43(34-18-8-3-9-19-34)47-48-40-22-12-10-20-36(40)37-21-11-13-23-41(37)48)33-26-24-30(25-27-33)35-28-38(31-14-4-1-5-15-31)45-39(29-35)32-16-6-2-7-17-32/h1-29H,(H2,44,46,47). The second-order valence-electron chi connectivity index (χ2n) is 11.6. The Kier molecular flexibility index (Phi) is 7.61. The molecule has 2 heterocycles. The zero-order valence-corrected chi connectivity index (χ0v) is 26.1. The molecule has 8 rings (SSSR count). The molecule has 0 radical (unpaired) electrons. The van der Waals surface area contributed by atoms with Gasteiger partial charge in [0.05, 0.1) is 22.4 Å². The summed E-state index contributed by atoms with van der Waals surface area (Å²) in [6.07, 6.45) is 0. The van der Waals surface area contributed by atoms with E-state index in [0.29, 0.717) is 5.84 Å². The summed E-state index contributed by atoms with van der Waals surface area (Å²) < 4.78 is 2.06. The average molecular weight is 618 g/mol. The molecule has 0 fully saturated rings. The number of aliphatic imine (C=N–C) groups is 1. The lowest BCUT2D eigenvalue weighted by atomic mass is 9.99. The summed E-state index contributed by atoms with van der Waals surface area (Å²) in [5, 5.41) is 11.4. The quantitative estimate of drug-likeness (QED) is 0.144. The molecule has 0 bridgehead atoms. The molecule has 6 aromatic carbocycles. The Bertz CT molecular complexity index is 2300. The largest absolute Gasteiger partial charge is 0.282 e. The van der Waals surface area contributed by atoms with Gasteiger partial charge >= 0.3 is 0 Å². The molecule has 0 aliphatic carbocycles. The summed E-state index contributed by atoms with van der Waals surface area (Å²) in [6.45, 7) is 0. The molecule has 2 aromatic heterocycles. The van der Waals surface area contributed by atoms with Gasteiger partial charge in [0.15, 0.2) is 11.7 Å². The summed E-state index contributed by atoms with van der Waals surface area (Å²) >= 11 is 0. The monoisotopic (exact) mass is 617 g/mol. The van der Waals surface area contributed by atoms with Gasteiger partial charge in [-0.15, -0.1) is 0 Å². The van der Waals surface area contributed by atoms with Crippen LogP contribution in [0.4, 0.5) is 0 Å². The zero-order valence-electron chi connectivity index (χ0n) is 26.1. The van der Waals surface area contributed by atoms with Gasteiger partial charge in [-0.05, 0) is 35.4 Å². The number of aromatic nitrogens is 2. The predicted octanol–water partition coefficient (Wildman–Crippen LogP) is 10.2. The molecule has 48 heavy (non-hydrogen) atoms. The molecule has 0 unspecified atom stereocenters. The van der Waals surface area contributed by atoms with Gasteiger partial charge in [-0.25, -0.2) is 9.98 Å². The SMILES string of the molecule is N=C(/N=C(\Nn1c2ccccc2c2ccccc21)c1ccccc1)c1ccc(-c2cc(-c3ccccc3)nc(-c3ccccc3)c2)cc1. The van der Waals surface area contributed by atoms with Crippen molar-refractivity contribution >= 4 is 33.5 Å². The zero-order chi connectivity index (χ0) is 32.3. The van der Waals surface area contributed by atoms with Gasteiger partial charge in [0.25, 0.3) is 0 Å². The molecule has 5 nitrogen and oxygen atoms in total. The Balaban J connectivity index is 1.16. The molecule has 0 saturated heterocycles. The van der Waals surface area contributed by atoms with Crippen LogP contribution in [-0.2, 0) is 0 Å². The van der Waals surface area contributed by atoms with Crippen LogP contribution in [0.3, 0.4) is 0 Å². The van der Waals surface area contributed by atoms with Gasteiger partial charge in [0, 0.05) is 33.0 Å². The van der Waals surface area contributed by atoms with E-state index in [1.165, 1.54) is 0 Å². The van der Waals surface area contributed by atoms with Gasteiger partial charge in [-0.3, -0.25) is 15.5 Å². The van der Waals surface area contributed by atoms with Crippen LogP contribution in [0.2, 0.25) is 0 Å². The van der Waals surface area contributed by atoms with Crippen LogP contribution < -0.4 is 5.43 Å². The first kappa shape index (κ1) is 28.9. The van der Waals surface area contributed by atoms with E-state index in [1.807, 2.05) is 91.0 Å². The number of para-hydroxylation sites is 2. The van der Waals surface area contributed by atoms with E-state index in [0.717, 1.165) is 66.6 Å². The van der Waals surface area contributed by atoms with E-state index in [-0.39, 0.29) is 5.84 Å². The van der Waals surface area contributed by atoms with E-state index in [1.54, 1.807) is 0 Å². The fourth-order valence-corrected chi connectivity index (χ4v) is 6.11. The number of nitrogens with zero attached hydrogens (tertiary/aromatic N) is 3. The third-order valence-corrected chi connectivity index (χ3v) is 8.52. The minimum Gasteiger partial charge on any atom is -0.282 e. The number of hydrogen-bond donors (Lipinski definition) is 2. The first-order valence-corrected chi connectivity index (χ1v) is 15.9. The highest BCUT2D eigenvalue weighted by molar-refractivity contribution is 6.16. The van der Waals surface area contributed by atoms with E-state index in [4.69, 9.17) is 15.4 Å². The van der Waals surface area contributed by atoms with Crippen molar-refractivity contribution in [3.8, 4) is 33.6 Å². The Labute approximate surface area is 279 Å². The first-order chi connectivity index (χ1) is 23.7. The topological polar surface area (TPSA) is 66.1 Å². The Morgan fingerprint density at radius 3 is 1.50 bits per heavy atom. The average Bonchev–Trinajstić information content (AvgIpc) is 3.48. The van der Waals surface area contributed by atoms with Crippen LogP contribution in [0.5, 0.6) is 0 Å². The molecule has 5 heteroatoms. The lowest BCUT2D eigenvalue weighted by molar-refractivity contribution is 1.08. The maximum atomic E-state index is 9.09. The number of hydrogen-bond acceptors (Lipinski definition) is 2. The minimum atomic E-state index is 0.165. The Morgan fingerprint density at radius 2 is 0.958 bits per heavy atom. The number of fused-ring (bicyclic) bond motifs is 3. The van der Waals surface area contributed by atoms with Crippen LogP contribution in [-0.4, -0.2) is 21.3 Å². The lowest BCUT2D eigenvalue weighted by Crippen LogP contribution is -2.25. The molecular formula is C43H31N5. The van der Waals surface area contributed by atoms with Gasteiger partial charge in [0.1, 0.15) is 0 Å². The molecular weight excluding hydrogens is 587 g/mol. The van der Waals surface area contributed by atoms with Crippen molar-refractivity contribution in [3.63, 3.8) is 0 Å². The van der Waals surface area contributed by atoms with Crippen molar-refractivity contribution in [1.82, 2.24) is 9.66 Å². The predicted molar refractivity (Wildman–Crippen MR) is 199 cm³/mol. The molecule has 228 valence electrons. The van der Waals surface area contributed by atoms with Gasteiger partial charge in [0.2, 0.25) is 0 Å². The minimum absolute atomic E-state index is 0.165. The van der Waals surface area contributed by atoms with Crippen LogP contribution in [0.25, 0.3) is 55.4 Å². The van der Waals surface area contributed by atoms with Crippen molar-refractivity contribution in [1.29, 1.82) is 5.41 Å². The molecule has 2 N–H and O–H groups in total. The van der Waals surface area contributed by atoms with E-state index >= 15 is 0 Å². The smallest absolute Gasteiger partial charge is 0.154 e. The highest BCUT2D eigenvalue weighted by atomic mass is 15.4. The summed E-state index contributed by atoms with van der Waals surface area (Å²) in [6, 6.07) is 59.4. The van der Waals surface area contributed by atoms with Crippen molar-refractivity contribution in [2.24, 2.45) is 4.99 Å². The number of nitrogens with one attached hydrogen (secondary N) is 2. The Hall–Kier alpha value is -6.59. The van der Waals surface area contributed by atoms with Crippen LogP contribution in [0.1, 0.15) is 11.1 Å². The fourth-order valence-electron chi connectivity index (χ4n) is 6.11. The number of pyridine rings is 1. The molecule has 8 aromatic rings. The van der Waals surface area contributed by atoms with Crippen LogP contribution in [0.15, 0.2) is 181 Å². The first-order valence-electron chi connectivity index (χ1n) is 15.9. The fraction of sp³-hybridized carbons (Fsp3) is 0. The highest BCUT2D eigenvalue weighted by Crippen LogP contribution is 2.31. The van der Waals surface area contributed by atoms with Crippen LogP contribution >= 0.6 is 0 Å². The molecule has 0 amide bonds. The summed E-state index contributed by atoms with van der Waals surface area (Å²) in [7, 11) is 0. The molecule has 0 atom stereocenters. The van der Waals surface area contributed by atoms with E-state index in [9.17, 15) is 0 Å². The molecule has 0 spiro atoms. The number of benzene rings is 6. The maximum absolute atomic E-state index is 9.09. The summed E-state index contributed by atoms with van der Waals surface area (Å²) in [4.78, 5) is 9.89. The molecule has 0 saturated carbocycles. The number of rotatable bonds is 6.